The first-order chi connectivity index (χ1) is 14.0. The number of aromatic nitrogens is 5. The van der Waals surface area contributed by atoms with Crippen LogP contribution in [0.15, 0.2) is 17.2 Å². The van der Waals surface area contributed by atoms with Gasteiger partial charge in [-0.05, 0) is 33.1 Å². The van der Waals surface area contributed by atoms with Crippen molar-refractivity contribution in [2.75, 3.05) is 0 Å². The molecule has 0 radical (unpaired) electrons. The molecule has 1 atom stereocenters. The van der Waals surface area contributed by atoms with E-state index >= 15 is 0 Å². The van der Waals surface area contributed by atoms with Crippen LogP contribution in [0.25, 0.3) is 0 Å². The van der Waals surface area contributed by atoms with Crippen LogP contribution < -0.4 is 5.69 Å². The average molecular weight is 427 g/mol. The lowest BCUT2D eigenvalue weighted by molar-refractivity contribution is -0.162. The molecule has 0 aromatic carbocycles. The van der Waals surface area contributed by atoms with Gasteiger partial charge in [0.05, 0.1) is 6.54 Å². The van der Waals surface area contributed by atoms with Crippen LogP contribution in [0.4, 0.5) is 13.2 Å². The van der Waals surface area contributed by atoms with Crippen molar-refractivity contribution in [2.24, 2.45) is 0 Å². The molecule has 0 saturated carbocycles. The molecule has 0 amide bonds. The number of hydrogen-bond donors (Lipinski definition) is 0. The number of halogens is 3. The second kappa shape index (κ2) is 8.19. The molecule has 2 aromatic rings. The first-order valence-corrected chi connectivity index (χ1v) is 9.81. The Morgan fingerprint density at radius 2 is 1.93 bits per heavy atom. The van der Waals surface area contributed by atoms with E-state index in [-0.39, 0.29) is 6.54 Å². The molecular formula is C19H24F3N5O3. The third kappa shape index (κ3) is 4.71. The van der Waals surface area contributed by atoms with Crippen LogP contribution in [0.1, 0.15) is 69.7 Å². The Morgan fingerprint density at radius 1 is 1.27 bits per heavy atom. The van der Waals surface area contributed by atoms with Crippen molar-refractivity contribution >= 4 is 5.97 Å². The Morgan fingerprint density at radius 3 is 2.53 bits per heavy atom. The van der Waals surface area contributed by atoms with Crippen LogP contribution in [0, 0.1) is 0 Å². The third-order valence-corrected chi connectivity index (χ3v) is 4.92. The minimum absolute atomic E-state index is 0.0972. The second-order valence-electron chi connectivity index (χ2n) is 7.98. The summed E-state index contributed by atoms with van der Waals surface area (Å²) in [6.45, 7) is 5.55. The zero-order chi connectivity index (χ0) is 22.1. The standard InChI is InChI=1S/C19H24F3N5O3/c1-4-8-18(2,3)30-15(28)13-6-5-7-14-25-26(17(29)27(13)14)11-12-9-23-16(24-10-12)19(20,21)22/h9-10,13H,4-8,11H2,1-3H3/t13-/m0/s1. The van der Waals surface area contributed by atoms with Gasteiger partial charge in [0.2, 0.25) is 5.82 Å². The summed E-state index contributed by atoms with van der Waals surface area (Å²) in [5, 5.41) is 4.26. The SMILES string of the molecule is CCCC(C)(C)OC(=O)[C@@H]1CCCc2nn(Cc3cnc(C(F)(F)F)nc3)c(=O)n21. The van der Waals surface area contributed by atoms with Gasteiger partial charge >= 0.3 is 17.8 Å². The highest BCUT2D eigenvalue weighted by Gasteiger charge is 2.35. The molecule has 1 aliphatic heterocycles. The van der Waals surface area contributed by atoms with Gasteiger partial charge in [-0.3, -0.25) is 4.57 Å². The molecule has 3 rings (SSSR count). The number of ether oxygens (including phenoxy) is 1. The topological polar surface area (TPSA) is 91.9 Å². The van der Waals surface area contributed by atoms with E-state index in [1.54, 1.807) is 0 Å². The highest BCUT2D eigenvalue weighted by atomic mass is 19.4. The number of carbonyl (C=O) groups is 1. The molecule has 11 heteroatoms. The Bertz CT molecular complexity index is 963. The van der Waals surface area contributed by atoms with Crippen LogP contribution in [0.2, 0.25) is 0 Å². The van der Waals surface area contributed by atoms with E-state index < -0.39 is 35.3 Å². The summed E-state index contributed by atoms with van der Waals surface area (Å²) >= 11 is 0. The van der Waals surface area contributed by atoms with Crippen LogP contribution >= 0.6 is 0 Å². The Labute approximate surface area is 171 Å². The maximum absolute atomic E-state index is 12.9. The van der Waals surface area contributed by atoms with E-state index in [2.05, 4.69) is 15.1 Å². The summed E-state index contributed by atoms with van der Waals surface area (Å²) in [5.74, 6) is -1.27. The summed E-state index contributed by atoms with van der Waals surface area (Å²) in [4.78, 5) is 32.2. The fourth-order valence-electron chi connectivity index (χ4n) is 3.61. The summed E-state index contributed by atoms with van der Waals surface area (Å²) in [6.07, 6.45) is 0.593. The zero-order valence-electron chi connectivity index (χ0n) is 17.1. The molecule has 0 saturated heterocycles. The van der Waals surface area contributed by atoms with Gasteiger partial charge in [0.25, 0.3) is 0 Å². The first-order valence-electron chi connectivity index (χ1n) is 9.81. The minimum atomic E-state index is -4.64. The predicted molar refractivity (Wildman–Crippen MR) is 99.7 cm³/mol. The monoisotopic (exact) mass is 427 g/mol. The van der Waals surface area contributed by atoms with Crippen LogP contribution in [0.3, 0.4) is 0 Å². The minimum Gasteiger partial charge on any atom is -0.458 e. The van der Waals surface area contributed by atoms with Crippen molar-refractivity contribution in [2.45, 2.75) is 77.2 Å². The van der Waals surface area contributed by atoms with Crippen molar-refractivity contribution in [1.82, 2.24) is 24.3 Å². The van der Waals surface area contributed by atoms with Gasteiger partial charge in [0.1, 0.15) is 17.5 Å². The van der Waals surface area contributed by atoms with E-state index in [0.717, 1.165) is 23.5 Å². The van der Waals surface area contributed by atoms with Gasteiger partial charge in [-0.15, -0.1) is 0 Å². The normalized spacial score (nSPS) is 16.9. The molecule has 30 heavy (non-hydrogen) atoms. The van der Waals surface area contributed by atoms with Crippen LogP contribution in [-0.4, -0.2) is 35.9 Å². The molecule has 0 aliphatic carbocycles. The van der Waals surface area contributed by atoms with Crippen molar-refractivity contribution in [1.29, 1.82) is 0 Å². The lowest BCUT2D eigenvalue weighted by Gasteiger charge is -2.29. The van der Waals surface area contributed by atoms with Crippen molar-refractivity contribution in [3.63, 3.8) is 0 Å². The van der Waals surface area contributed by atoms with Gasteiger partial charge in [0.15, 0.2) is 0 Å². The fourth-order valence-corrected chi connectivity index (χ4v) is 3.61. The van der Waals surface area contributed by atoms with E-state index in [1.807, 2.05) is 20.8 Å². The number of nitrogens with zero attached hydrogens (tertiary/aromatic N) is 5. The largest absolute Gasteiger partial charge is 0.458 e. The highest BCUT2D eigenvalue weighted by molar-refractivity contribution is 5.75. The molecule has 3 heterocycles. The predicted octanol–water partition coefficient (Wildman–Crippen LogP) is 2.90. The number of hydrogen-bond acceptors (Lipinski definition) is 6. The summed E-state index contributed by atoms with van der Waals surface area (Å²) in [5.41, 5.74) is -0.857. The smallest absolute Gasteiger partial charge is 0.451 e. The molecule has 2 aromatic heterocycles. The van der Waals surface area contributed by atoms with Crippen molar-refractivity contribution in [3.05, 3.63) is 40.1 Å². The Kier molecular flexibility index (Phi) is 6.00. The molecule has 0 unspecified atom stereocenters. The molecule has 0 fully saturated rings. The van der Waals surface area contributed by atoms with Crippen molar-refractivity contribution < 1.29 is 22.7 Å². The highest BCUT2D eigenvalue weighted by Crippen LogP contribution is 2.27. The second-order valence-corrected chi connectivity index (χ2v) is 7.98. The lowest BCUT2D eigenvalue weighted by Crippen LogP contribution is -2.39. The zero-order valence-corrected chi connectivity index (χ0v) is 17.1. The maximum atomic E-state index is 12.9. The van der Waals surface area contributed by atoms with Gasteiger partial charge in [-0.1, -0.05) is 13.3 Å². The van der Waals surface area contributed by atoms with Gasteiger partial charge in [-0.25, -0.2) is 24.2 Å². The van der Waals surface area contributed by atoms with E-state index in [4.69, 9.17) is 4.74 Å². The number of aryl methyl sites for hydroxylation is 1. The number of fused-ring (bicyclic) bond motifs is 1. The van der Waals surface area contributed by atoms with Crippen LogP contribution in [0.5, 0.6) is 0 Å². The number of alkyl halides is 3. The molecule has 8 nitrogen and oxygen atoms in total. The number of rotatable bonds is 6. The lowest BCUT2D eigenvalue weighted by atomic mass is 10.0. The summed E-state index contributed by atoms with van der Waals surface area (Å²) < 4.78 is 45.9. The fraction of sp³-hybridized carbons (Fsp3) is 0.632. The van der Waals surface area contributed by atoms with Gasteiger partial charge < -0.3 is 4.74 Å². The number of carbonyl (C=O) groups excluding carboxylic acids is 1. The average Bonchev–Trinajstić information content (AvgIpc) is 2.96. The molecule has 0 N–H and O–H groups in total. The number of esters is 1. The molecular weight excluding hydrogens is 403 g/mol. The molecule has 164 valence electrons. The van der Waals surface area contributed by atoms with Gasteiger partial charge in [0, 0.05) is 24.4 Å². The third-order valence-electron chi connectivity index (χ3n) is 4.92. The van der Waals surface area contributed by atoms with E-state index in [9.17, 15) is 22.8 Å². The summed E-state index contributed by atoms with van der Waals surface area (Å²) in [7, 11) is 0. The van der Waals surface area contributed by atoms with Crippen LogP contribution in [-0.2, 0) is 28.7 Å². The van der Waals surface area contributed by atoms with E-state index in [0.29, 0.717) is 37.1 Å². The van der Waals surface area contributed by atoms with Gasteiger partial charge in [-0.2, -0.15) is 18.3 Å². The first kappa shape index (κ1) is 22.0. The molecule has 0 bridgehead atoms. The Hall–Kier alpha value is -2.72. The molecule has 0 spiro atoms. The Balaban J connectivity index is 1.83. The van der Waals surface area contributed by atoms with E-state index in [1.165, 1.54) is 4.57 Å². The maximum Gasteiger partial charge on any atom is 0.451 e. The molecule has 1 aliphatic rings. The summed E-state index contributed by atoms with van der Waals surface area (Å²) in [6, 6.07) is -0.769. The quantitative estimate of drug-likeness (QED) is 0.659. The van der Waals surface area contributed by atoms with Crippen molar-refractivity contribution in [3.8, 4) is 0 Å².